The predicted octanol–water partition coefficient (Wildman–Crippen LogP) is 4.35. The first-order valence-corrected chi connectivity index (χ1v) is 8.13. The molecule has 0 amide bonds. The van der Waals surface area contributed by atoms with Crippen LogP contribution in [0.1, 0.15) is 46.0 Å². The Hall–Kier alpha value is -1.19. The number of rotatable bonds is 6. The van der Waals surface area contributed by atoms with Crippen LogP contribution in [0.5, 0.6) is 0 Å². The maximum atomic E-state index is 4.55. The van der Waals surface area contributed by atoms with Gasteiger partial charge in [-0.25, -0.2) is 0 Å². The zero-order valence-corrected chi connectivity index (χ0v) is 13.7. The number of hydrogen-bond acceptors (Lipinski definition) is 3. The number of aromatic nitrogens is 1. The van der Waals surface area contributed by atoms with Crippen LogP contribution in [0, 0.1) is 20.8 Å². The molecule has 108 valence electrons. The molecule has 0 saturated heterocycles. The van der Waals surface area contributed by atoms with Gasteiger partial charge in [0.05, 0.1) is 0 Å². The lowest BCUT2D eigenvalue weighted by Crippen LogP contribution is -2.23. The van der Waals surface area contributed by atoms with Crippen LogP contribution in [-0.4, -0.2) is 11.5 Å². The van der Waals surface area contributed by atoms with Crippen LogP contribution >= 0.6 is 11.3 Å². The molecular weight excluding hydrogens is 264 g/mol. The fourth-order valence-corrected chi connectivity index (χ4v) is 3.31. The molecule has 2 heterocycles. The van der Waals surface area contributed by atoms with Gasteiger partial charge in [0.1, 0.15) is 0 Å². The minimum atomic E-state index is 0.377. The normalized spacial score (nSPS) is 12.6. The fourth-order valence-electron chi connectivity index (χ4n) is 2.19. The number of hydrogen-bond donors (Lipinski definition) is 1. The summed E-state index contributed by atoms with van der Waals surface area (Å²) in [5, 5.41) is 3.66. The van der Waals surface area contributed by atoms with Gasteiger partial charge in [-0.05, 0) is 57.0 Å². The lowest BCUT2D eigenvalue weighted by atomic mass is 10.1. The molecule has 20 heavy (non-hydrogen) atoms. The monoisotopic (exact) mass is 288 g/mol. The molecular formula is C17H24N2S. The Bertz CT molecular complexity index is 523. The van der Waals surface area contributed by atoms with Crippen molar-refractivity contribution in [1.29, 1.82) is 0 Å². The summed E-state index contributed by atoms with van der Waals surface area (Å²) in [5.41, 5.74) is 3.77. The molecule has 1 atom stereocenters. The minimum Gasteiger partial charge on any atom is -0.309 e. The Morgan fingerprint density at radius 2 is 2.05 bits per heavy atom. The minimum absolute atomic E-state index is 0.377. The summed E-state index contributed by atoms with van der Waals surface area (Å²) in [7, 11) is 0. The Labute approximate surface area is 126 Å². The molecule has 2 aromatic heterocycles. The third-order valence-electron chi connectivity index (χ3n) is 3.56. The van der Waals surface area contributed by atoms with Gasteiger partial charge < -0.3 is 5.32 Å². The van der Waals surface area contributed by atoms with E-state index in [1.54, 1.807) is 0 Å². The van der Waals surface area contributed by atoms with E-state index >= 15 is 0 Å². The smallest absolute Gasteiger partial charge is 0.0471 e. The van der Waals surface area contributed by atoms with E-state index in [1.165, 1.54) is 20.9 Å². The molecule has 3 heteroatoms. The lowest BCUT2D eigenvalue weighted by Gasteiger charge is -2.17. The van der Waals surface area contributed by atoms with Crippen LogP contribution in [0.4, 0.5) is 0 Å². The Morgan fingerprint density at radius 1 is 1.25 bits per heavy atom. The molecule has 0 bridgehead atoms. The van der Waals surface area contributed by atoms with Gasteiger partial charge >= 0.3 is 0 Å². The summed E-state index contributed by atoms with van der Waals surface area (Å²) in [5.74, 6) is 0. The Kier molecular flexibility index (Phi) is 5.32. The summed E-state index contributed by atoms with van der Waals surface area (Å²) in [6.07, 6.45) is 4.07. The third kappa shape index (κ3) is 3.90. The van der Waals surface area contributed by atoms with Gasteiger partial charge in [0.15, 0.2) is 0 Å². The third-order valence-corrected chi connectivity index (χ3v) is 4.82. The molecule has 0 aliphatic heterocycles. The first kappa shape index (κ1) is 15.2. The van der Waals surface area contributed by atoms with E-state index in [2.05, 4.69) is 56.2 Å². The first-order valence-electron chi connectivity index (χ1n) is 7.32. The molecule has 0 fully saturated rings. The predicted molar refractivity (Wildman–Crippen MR) is 87.5 cm³/mol. The standard InChI is InChI=1S/C17H24N2S/c1-5-8-18-16(17-9-13(3)14(4)20-17)10-15-7-6-12(2)11-19-15/h6-7,9,11,16,18H,5,8,10H2,1-4H3. The van der Waals surface area contributed by atoms with E-state index in [1.807, 2.05) is 17.5 Å². The van der Waals surface area contributed by atoms with Crippen molar-refractivity contribution in [1.82, 2.24) is 10.3 Å². The maximum absolute atomic E-state index is 4.55. The molecule has 0 spiro atoms. The molecule has 2 nitrogen and oxygen atoms in total. The highest BCUT2D eigenvalue weighted by atomic mass is 32.1. The van der Waals surface area contributed by atoms with Crippen molar-refractivity contribution in [3.8, 4) is 0 Å². The van der Waals surface area contributed by atoms with E-state index in [9.17, 15) is 0 Å². The van der Waals surface area contributed by atoms with Crippen molar-refractivity contribution in [2.75, 3.05) is 6.54 Å². The van der Waals surface area contributed by atoms with E-state index in [0.29, 0.717) is 6.04 Å². The highest BCUT2D eigenvalue weighted by Gasteiger charge is 2.15. The van der Waals surface area contributed by atoms with Crippen LogP contribution < -0.4 is 5.32 Å². The van der Waals surface area contributed by atoms with Gasteiger partial charge in [-0.1, -0.05) is 13.0 Å². The molecule has 0 aromatic carbocycles. The van der Waals surface area contributed by atoms with E-state index < -0.39 is 0 Å². The van der Waals surface area contributed by atoms with Crippen LogP contribution in [-0.2, 0) is 6.42 Å². The fraction of sp³-hybridized carbons (Fsp3) is 0.471. The highest BCUT2D eigenvalue weighted by molar-refractivity contribution is 7.12. The quantitative estimate of drug-likeness (QED) is 0.854. The second-order valence-corrected chi connectivity index (χ2v) is 6.71. The molecule has 1 N–H and O–H groups in total. The van der Waals surface area contributed by atoms with Crippen molar-refractivity contribution in [2.24, 2.45) is 0 Å². The van der Waals surface area contributed by atoms with Gasteiger partial charge in [-0.15, -0.1) is 11.3 Å². The average molecular weight is 288 g/mol. The lowest BCUT2D eigenvalue weighted by molar-refractivity contribution is 0.531. The number of thiophene rings is 1. The largest absolute Gasteiger partial charge is 0.309 e. The summed E-state index contributed by atoms with van der Waals surface area (Å²) >= 11 is 1.91. The number of pyridine rings is 1. The van der Waals surface area contributed by atoms with E-state index in [4.69, 9.17) is 0 Å². The van der Waals surface area contributed by atoms with Gasteiger partial charge in [-0.3, -0.25) is 4.98 Å². The van der Waals surface area contributed by atoms with Crippen LogP contribution in [0.3, 0.4) is 0 Å². The number of nitrogens with one attached hydrogen (secondary N) is 1. The summed E-state index contributed by atoms with van der Waals surface area (Å²) < 4.78 is 0. The number of aryl methyl sites for hydroxylation is 3. The summed E-state index contributed by atoms with van der Waals surface area (Å²) in [4.78, 5) is 7.39. The van der Waals surface area contributed by atoms with E-state index in [0.717, 1.165) is 25.1 Å². The molecule has 0 aliphatic carbocycles. The van der Waals surface area contributed by atoms with Crippen molar-refractivity contribution < 1.29 is 0 Å². The molecule has 0 radical (unpaired) electrons. The summed E-state index contributed by atoms with van der Waals surface area (Å²) in [6, 6.07) is 6.98. The molecule has 0 saturated carbocycles. The van der Waals surface area contributed by atoms with Crippen LogP contribution in [0.15, 0.2) is 24.4 Å². The van der Waals surface area contributed by atoms with Crippen molar-refractivity contribution in [3.05, 3.63) is 51.0 Å². The van der Waals surface area contributed by atoms with Gasteiger partial charge in [0.25, 0.3) is 0 Å². The summed E-state index contributed by atoms with van der Waals surface area (Å²) in [6.45, 7) is 9.72. The van der Waals surface area contributed by atoms with Crippen molar-refractivity contribution >= 4 is 11.3 Å². The van der Waals surface area contributed by atoms with Gasteiger partial charge in [-0.2, -0.15) is 0 Å². The average Bonchev–Trinajstić information content (AvgIpc) is 2.77. The Morgan fingerprint density at radius 3 is 2.60 bits per heavy atom. The SMILES string of the molecule is CCCNC(Cc1ccc(C)cn1)c1cc(C)c(C)s1. The molecule has 1 unspecified atom stereocenters. The topological polar surface area (TPSA) is 24.9 Å². The second-order valence-electron chi connectivity index (χ2n) is 5.43. The maximum Gasteiger partial charge on any atom is 0.0471 e. The molecule has 2 aromatic rings. The van der Waals surface area contributed by atoms with E-state index in [-0.39, 0.29) is 0 Å². The number of nitrogens with zero attached hydrogens (tertiary/aromatic N) is 1. The van der Waals surface area contributed by atoms with Crippen LogP contribution in [0.2, 0.25) is 0 Å². The zero-order valence-electron chi connectivity index (χ0n) is 12.9. The second kappa shape index (κ2) is 7.00. The Balaban J connectivity index is 2.16. The molecule has 2 rings (SSSR count). The van der Waals surface area contributed by atoms with Gasteiger partial charge in [0.2, 0.25) is 0 Å². The van der Waals surface area contributed by atoms with Gasteiger partial charge in [0, 0.05) is 34.1 Å². The van der Waals surface area contributed by atoms with Crippen molar-refractivity contribution in [2.45, 2.75) is 46.6 Å². The van der Waals surface area contributed by atoms with Crippen molar-refractivity contribution in [3.63, 3.8) is 0 Å². The highest BCUT2D eigenvalue weighted by Crippen LogP contribution is 2.28. The molecule has 0 aliphatic rings. The zero-order chi connectivity index (χ0) is 14.5. The first-order chi connectivity index (χ1) is 9.60. The van der Waals surface area contributed by atoms with Crippen LogP contribution in [0.25, 0.3) is 0 Å².